The number of hydrogen-bond acceptors (Lipinski definition) is 9. The van der Waals surface area contributed by atoms with E-state index in [-0.39, 0.29) is 36.4 Å². The van der Waals surface area contributed by atoms with Crippen LogP contribution in [0.1, 0.15) is 11.3 Å². The molecule has 1 atom stereocenters. The summed E-state index contributed by atoms with van der Waals surface area (Å²) < 4.78 is 1.49. The smallest absolute Gasteiger partial charge is 0.296 e. The van der Waals surface area contributed by atoms with Crippen LogP contribution < -0.4 is 11.1 Å². The van der Waals surface area contributed by atoms with E-state index in [1.807, 2.05) is 19.1 Å². The van der Waals surface area contributed by atoms with Crippen molar-refractivity contribution in [3.8, 4) is 6.01 Å². The van der Waals surface area contributed by atoms with E-state index in [0.717, 1.165) is 11.3 Å². The van der Waals surface area contributed by atoms with Crippen molar-refractivity contribution in [1.29, 1.82) is 0 Å². The number of anilines is 2. The van der Waals surface area contributed by atoms with Crippen molar-refractivity contribution in [2.75, 3.05) is 24.2 Å². The molecule has 0 amide bonds. The molecule has 0 radical (unpaired) electrons. The summed E-state index contributed by atoms with van der Waals surface area (Å²) in [5.74, 6) is 0.266. The quantitative estimate of drug-likeness (QED) is 0.402. The lowest BCUT2D eigenvalue weighted by Gasteiger charge is -2.10. The van der Waals surface area contributed by atoms with Gasteiger partial charge in [0.2, 0.25) is 5.95 Å². The molecule has 0 bridgehead atoms. The van der Waals surface area contributed by atoms with Gasteiger partial charge in [0.25, 0.3) is 6.01 Å². The third-order valence-corrected chi connectivity index (χ3v) is 3.62. The molecule has 0 aliphatic carbocycles. The van der Waals surface area contributed by atoms with E-state index in [1.54, 1.807) is 6.20 Å². The van der Waals surface area contributed by atoms with E-state index in [1.165, 1.54) is 4.57 Å². The van der Waals surface area contributed by atoms with Crippen LogP contribution in [0.15, 0.2) is 18.3 Å². The summed E-state index contributed by atoms with van der Waals surface area (Å²) in [6, 6.07) is 3.54. The molecule has 25 heavy (non-hydrogen) atoms. The second kappa shape index (κ2) is 6.87. The molecule has 3 rings (SSSR count). The molecule has 0 aliphatic rings. The van der Waals surface area contributed by atoms with E-state index >= 15 is 0 Å². The molecule has 3 aromatic rings. The number of aliphatic hydroxyl groups excluding tert-OH is 2. The number of hydrogen-bond donors (Lipinski definition) is 5. The largest absolute Gasteiger partial charge is 0.480 e. The molecule has 0 aromatic carbocycles. The molecule has 0 saturated carbocycles. The van der Waals surface area contributed by atoms with Crippen molar-refractivity contribution in [3.63, 3.8) is 0 Å². The molecular weight excluding hydrogens is 326 g/mol. The fraction of sp³-hybridized carbons (Fsp3) is 0.333. The molecule has 0 fully saturated rings. The van der Waals surface area contributed by atoms with Crippen molar-refractivity contribution < 1.29 is 15.3 Å². The molecule has 3 heterocycles. The Morgan fingerprint density at radius 1 is 1.28 bits per heavy atom. The molecule has 10 heteroatoms. The topological polar surface area (TPSA) is 155 Å². The lowest BCUT2D eigenvalue weighted by atomic mass is 10.2. The zero-order valence-corrected chi connectivity index (χ0v) is 13.6. The standard InChI is InChI=1S/C15H19N7O3/c1-8-2-3-9(4-17-8)6-22-13-11(19-15(22)25)12(16)20-14(21-13)18-5-10(24)7-23/h2-4,10,23-24H,5-7H2,1H3,(H,19,25)(H3,16,18,20,21). The number of aliphatic hydroxyl groups is 2. The number of fused-ring (bicyclic) bond motifs is 1. The fourth-order valence-corrected chi connectivity index (χ4v) is 2.28. The van der Waals surface area contributed by atoms with E-state index < -0.39 is 6.10 Å². The molecular formula is C15H19N7O3. The number of imidazole rings is 1. The van der Waals surface area contributed by atoms with Gasteiger partial charge in [-0.3, -0.25) is 9.55 Å². The molecule has 6 N–H and O–H groups in total. The van der Waals surface area contributed by atoms with Gasteiger partial charge in [-0.05, 0) is 18.6 Å². The number of aromatic hydroxyl groups is 1. The Bertz CT molecular complexity index is 879. The van der Waals surface area contributed by atoms with Crippen molar-refractivity contribution in [2.45, 2.75) is 19.6 Å². The van der Waals surface area contributed by atoms with E-state index in [9.17, 15) is 10.2 Å². The van der Waals surface area contributed by atoms with Crippen LogP contribution in [0.5, 0.6) is 6.01 Å². The first-order valence-corrected chi connectivity index (χ1v) is 7.65. The van der Waals surface area contributed by atoms with Crippen LogP contribution in [0.4, 0.5) is 11.8 Å². The average molecular weight is 345 g/mol. The molecule has 3 aromatic heterocycles. The third kappa shape index (κ3) is 3.59. The maximum absolute atomic E-state index is 10.1. The Morgan fingerprint density at radius 2 is 2.08 bits per heavy atom. The number of pyridine rings is 1. The van der Waals surface area contributed by atoms with Gasteiger partial charge in [-0.25, -0.2) is 0 Å². The number of aryl methyl sites for hydroxylation is 1. The summed E-state index contributed by atoms with van der Waals surface area (Å²) >= 11 is 0. The Balaban J connectivity index is 1.95. The van der Waals surface area contributed by atoms with Gasteiger partial charge in [0.15, 0.2) is 17.0 Å². The van der Waals surface area contributed by atoms with Crippen LogP contribution in [-0.4, -0.2) is 59.1 Å². The van der Waals surface area contributed by atoms with Gasteiger partial charge in [0, 0.05) is 18.4 Å². The highest BCUT2D eigenvalue weighted by atomic mass is 16.3. The van der Waals surface area contributed by atoms with Crippen LogP contribution in [-0.2, 0) is 6.54 Å². The number of aromatic nitrogens is 5. The predicted molar refractivity (Wildman–Crippen MR) is 91.1 cm³/mol. The second-order valence-corrected chi connectivity index (χ2v) is 5.63. The molecule has 0 spiro atoms. The first-order valence-electron chi connectivity index (χ1n) is 7.65. The minimum atomic E-state index is -0.947. The van der Waals surface area contributed by atoms with Gasteiger partial charge in [0.1, 0.15) is 0 Å². The minimum absolute atomic E-state index is 0.0590. The Labute approximate surface area is 143 Å². The van der Waals surface area contributed by atoms with Gasteiger partial charge in [-0.1, -0.05) is 6.07 Å². The zero-order valence-electron chi connectivity index (χ0n) is 13.6. The van der Waals surface area contributed by atoms with Crippen molar-refractivity contribution in [1.82, 2.24) is 24.5 Å². The summed E-state index contributed by atoms with van der Waals surface area (Å²) in [7, 11) is 0. The number of nitrogen functional groups attached to an aromatic ring is 1. The normalized spacial score (nSPS) is 12.4. The van der Waals surface area contributed by atoms with E-state index in [0.29, 0.717) is 12.2 Å². The maximum atomic E-state index is 10.1. The van der Waals surface area contributed by atoms with Gasteiger partial charge in [-0.2, -0.15) is 15.0 Å². The molecule has 0 saturated heterocycles. The highest BCUT2D eigenvalue weighted by Crippen LogP contribution is 2.25. The van der Waals surface area contributed by atoms with Gasteiger partial charge >= 0.3 is 0 Å². The first kappa shape index (κ1) is 16.9. The summed E-state index contributed by atoms with van der Waals surface area (Å²) in [4.78, 5) is 16.6. The van der Waals surface area contributed by atoms with Crippen LogP contribution in [0.25, 0.3) is 11.2 Å². The molecule has 1 unspecified atom stereocenters. The summed E-state index contributed by atoms with van der Waals surface area (Å²) in [5, 5.41) is 31.2. The Hall–Kier alpha value is -2.98. The van der Waals surface area contributed by atoms with E-state index in [4.69, 9.17) is 10.8 Å². The van der Waals surface area contributed by atoms with Crippen LogP contribution in [0, 0.1) is 6.92 Å². The Morgan fingerprint density at radius 3 is 2.76 bits per heavy atom. The average Bonchev–Trinajstić information content (AvgIpc) is 2.91. The second-order valence-electron chi connectivity index (χ2n) is 5.63. The molecule has 0 aliphatic heterocycles. The highest BCUT2D eigenvalue weighted by Gasteiger charge is 2.17. The first-order chi connectivity index (χ1) is 12.0. The van der Waals surface area contributed by atoms with Gasteiger partial charge in [0.05, 0.1) is 19.3 Å². The van der Waals surface area contributed by atoms with Gasteiger partial charge < -0.3 is 26.4 Å². The minimum Gasteiger partial charge on any atom is -0.480 e. The maximum Gasteiger partial charge on any atom is 0.296 e. The number of nitrogens with one attached hydrogen (secondary N) is 1. The summed E-state index contributed by atoms with van der Waals surface area (Å²) in [6.45, 7) is 1.87. The van der Waals surface area contributed by atoms with Crippen LogP contribution in [0.2, 0.25) is 0 Å². The van der Waals surface area contributed by atoms with Crippen molar-refractivity contribution in [2.24, 2.45) is 0 Å². The summed E-state index contributed by atoms with van der Waals surface area (Å²) in [5.41, 5.74) is 8.28. The lowest BCUT2D eigenvalue weighted by Crippen LogP contribution is -2.24. The zero-order chi connectivity index (χ0) is 18.0. The number of nitrogens with zero attached hydrogens (tertiary/aromatic N) is 5. The predicted octanol–water partition coefficient (Wildman–Crippen LogP) is -0.369. The Kier molecular flexibility index (Phi) is 4.63. The van der Waals surface area contributed by atoms with Crippen molar-refractivity contribution >= 4 is 22.9 Å². The lowest BCUT2D eigenvalue weighted by molar-refractivity contribution is 0.105. The summed E-state index contributed by atoms with van der Waals surface area (Å²) in [6.07, 6.45) is 0.763. The monoisotopic (exact) mass is 345 g/mol. The number of rotatable bonds is 6. The fourth-order valence-electron chi connectivity index (χ4n) is 2.28. The SMILES string of the molecule is Cc1ccc(Cn2c(O)nc3c(N)nc(NCC(O)CO)nc32)cn1. The van der Waals surface area contributed by atoms with Crippen LogP contribution in [0.3, 0.4) is 0 Å². The highest BCUT2D eigenvalue weighted by molar-refractivity contribution is 5.84. The van der Waals surface area contributed by atoms with E-state index in [2.05, 4.69) is 25.3 Å². The third-order valence-electron chi connectivity index (χ3n) is 3.62. The molecule has 10 nitrogen and oxygen atoms in total. The molecule has 132 valence electrons. The number of nitrogens with two attached hydrogens (primary N) is 1. The van der Waals surface area contributed by atoms with Crippen molar-refractivity contribution in [3.05, 3.63) is 29.6 Å². The van der Waals surface area contributed by atoms with Crippen LogP contribution >= 0.6 is 0 Å². The van der Waals surface area contributed by atoms with Gasteiger partial charge in [-0.15, -0.1) is 0 Å².